The Labute approximate surface area is 158 Å². The molecule has 2 aromatic rings. The molecule has 0 aromatic heterocycles. The lowest BCUT2D eigenvalue weighted by atomic mass is 9.94. The van der Waals surface area contributed by atoms with E-state index in [2.05, 4.69) is 5.32 Å². The van der Waals surface area contributed by atoms with Crippen molar-refractivity contribution in [2.75, 3.05) is 6.54 Å². The molecule has 0 spiro atoms. The molecule has 2 atom stereocenters. The summed E-state index contributed by atoms with van der Waals surface area (Å²) in [6.45, 7) is 0.343. The van der Waals surface area contributed by atoms with E-state index in [-0.39, 0.29) is 23.8 Å². The largest absolute Gasteiger partial charge is 0.416 e. The number of rotatable bonds is 4. The number of ether oxygens (including phenoxy) is 1. The van der Waals surface area contributed by atoms with Gasteiger partial charge < -0.3 is 10.1 Å². The topological polar surface area (TPSA) is 21.3 Å². The van der Waals surface area contributed by atoms with Gasteiger partial charge in [0.25, 0.3) is 0 Å². The zero-order valence-corrected chi connectivity index (χ0v) is 14.8. The van der Waals surface area contributed by atoms with Crippen molar-refractivity contribution in [3.8, 4) is 0 Å². The summed E-state index contributed by atoms with van der Waals surface area (Å²) in [6.07, 6.45) is -8.67. The molecule has 0 unspecified atom stereocenters. The first kappa shape index (κ1) is 20.7. The zero-order chi connectivity index (χ0) is 20.4. The molecule has 2 aromatic carbocycles. The highest BCUT2D eigenvalue weighted by atomic mass is 19.4. The number of hydrogen-bond donors (Lipinski definition) is 1. The van der Waals surface area contributed by atoms with E-state index in [9.17, 15) is 26.3 Å². The second-order valence-electron chi connectivity index (χ2n) is 6.70. The molecule has 3 rings (SSSR count). The Morgan fingerprint density at radius 2 is 1.64 bits per heavy atom. The quantitative estimate of drug-likeness (QED) is 0.658. The molecule has 0 amide bonds. The van der Waals surface area contributed by atoms with Crippen LogP contribution in [-0.2, 0) is 23.7 Å². The number of hydrogen-bond acceptors (Lipinski definition) is 2. The van der Waals surface area contributed by atoms with Crippen molar-refractivity contribution < 1.29 is 31.1 Å². The Bertz CT molecular complexity index is 788. The van der Waals surface area contributed by atoms with Gasteiger partial charge in [-0.25, -0.2) is 0 Å². The van der Waals surface area contributed by atoms with Gasteiger partial charge in [0.15, 0.2) is 0 Å². The average Bonchev–Trinajstić information content (AvgIpc) is 2.65. The molecule has 1 aliphatic rings. The van der Waals surface area contributed by atoms with Crippen molar-refractivity contribution in [2.24, 2.45) is 0 Å². The smallest absolute Gasteiger partial charge is 0.372 e. The molecule has 1 heterocycles. The van der Waals surface area contributed by atoms with Gasteiger partial charge in [-0.2, -0.15) is 26.3 Å². The van der Waals surface area contributed by atoms with Crippen LogP contribution < -0.4 is 5.32 Å². The van der Waals surface area contributed by atoms with Gasteiger partial charge in [-0.1, -0.05) is 36.4 Å². The van der Waals surface area contributed by atoms with Crippen molar-refractivity contribution in [3.63, 3.8) is 0 Å². The maximum absolute atomic E-state index is 13.3. The third kappa shape index (κ3) is 4.86. The van der Waals surface area contributed by atoms with Crippen molar-refractivity contribution in [3.05, 3.63) is 70.8 Å². The monoisotopic (exact) mass is 403 g/mol. The minimum absolute atomic E-state index is 0.145. The average molecular weight is 403 g/mol. The predicted octanol–water partition coefficient (Wildman–Crippen LogP) is 5.73. The fourth-order valence-electron chi connectivity index (χ4n) is 3.37. The first-order chi connectivity index (χ1) is 13.2. The first-order valence-corrected chi connectivity index (χ1v) is 8.83. The molecular formula is C20H19F6NO. The van der Waals surface area contributed by atoms with E-state index in [1.165, 1.54) is 0 Å². The molecule has 0 aliphatic carbocycles. The molecule has 1 fully saturated rings. The number of benzene rings is 2. The van der Waals surface area contributed by atoms with Gasteiger partial charge in [0.1, 0.15) is 0 Å². The second-order valence-corrected chi connectivity index (χ2v) is 6.70. The summed E-state index contributed by atoms with van der Waals surface area (Å²) in [5.74, 6) is 0. The van der Waals surface area contributed by atoms with Gasteiger partial charge in [0.2, 0.25) is 0 Å². The molecule has 0 radical (unpaired) electrons. The molecule has 152 valence electrons. The van der Waals surface area contributed by atoms with E-state index in [0.717, 1.165) is 24.6 Å². The van der Waals surface area contributed by atoms with Crippen LogP contribution in [0.1, 0.15) is 41.1 Å². The van der Waals surface area contributed by atoms with Gasteiger partial charge >= 0.3 is 12.4 Å². The van der Waals surface area contributed by atoms with E-state index in [0.29, 0.717) is 12.5 Å². The van der Waals surface area contributed by atoms with Crippen molar-refractivity contribution in [1.82, 2.24) is 5.32 Å². The standard InChI is InChI=1S/C20H19F6NO/c21-19(22,23)15-9-8-14(16(11-15)20(24,25)26)12-28-17-7-4-10-27-18(17)13-5-2-1-3-6-13/h1-3,5-6,8-9,11,17-18,27H,4,7,10,12H2/t17-,18-/m0/s1. The Morgan fingerprint density at radius 1 is 0.929 bits per heavy atom. The summed E-state index contributed by atoms with van der Waals surface area (Å²) < 4.78 is 84.0. The minimum Gasteiger partial charge on any atom is -0.372 e. The van der Waals surface area contributed by atoms with E-state index >= 15 is 0 Å². The van der Waals surface area contributed by atoms with Gasteiger partial charge in [-0.15, -0.1) is 0 Å². The number of piperidine rings is 1. The van der Waals surface area contributed by atoms with E-state index in [4.69, 9.17) is 4.74 Å². The van der Waals surface area contributed by atoms with Crippen molar-refractivity contribution >= 4 is 0 Å². The molecule has 1 N–H and O–H groups in total. The molecule has 2 nitrogen and oxygen atoms in total. The van der Waals surface area contributed by atoms with Gasteiger partial charge in [0, 0.05) is 0 Å². The number of nitrogens with one attached hydrogen (secondary N) is 1. The highest BCUT2D eigenvalue weighted by Gasteiger charge is 2.38. The third-order valence-electron chi connectivity index (χ3n) is 4.76. The van der Waals surface area contributed by atoms with Crippen LogP contribution in [0.5, 0.6) is 0 Å². The van der Waals surface area contributed by atoms with Crippen LogP contribution in [-0.4, -0.2) is 12.6 Å². The summed E-state index contributed by atoms with van der Waals surface area (Å²) in [5.41, 5.74) is -2.00. The number of halogens is 6. The van der Waals surface area contributed by atoms with Gasteiger partial charge in [-0.05, 0) is 42.6 Å². The van der Waals surface area contributed by atoms with Crippen LogP contribution >= 0.6 is 0 Å². The summed E-state index contributed by atoms with van der Waals surface area (Å²) in [5, 5.41) is 3.30. The lowest BCUT2D eigenvalue weighted by Gasteiger charge is -2.33. The second kappa shape index (κ2) is 8.13. The van der Waals surface area contributed by atoms with Crippen LogP contribution in [0.3, 0.4) is 0 Å². The lowest BCUT2D eigenvalue weighted by molar-refractivity contribution is -0.144. The minimum atomic E-state index is -4.90. The van der Waals surface area contributed by atoms with E-state index in [1.807, 2.05) is 30.3 Å². The fourth-order valence-corrected chi connectivity index (χ4v) is 3.37. The maximum Gasteiger partial charge on any atom is 0.416 e. The first-order valence-electron chi connectivity index (χ1n) is 8.83. The molecule has 0 bridgehead atoms. The number of alkyl halides is 6. The van der Waals surface area contributed by atoms with Crippen LogP contribution in [0.25, 0.3) is 0 Å². The SMILES string of the molecule is FC(F)(F)c1ccc(CO[C@H]2CCCN[C@H]2c2ccccc2)c(C(F)(F)F)c1. The van der Waals surface area contributed by atoms with Crippen LogP contribution in [0.15, 0.2) is 48.5 Å². The Hall–Kier alpha value is -2.06. The lowest BCUT2D eigenvalue weighted by Crippen LogP contribution is -2.39. The van der Waals surface area contributed by atoms with Crippen LogP contribution in [0, 0.1) is 0 Å². The predicted molar refractivity (Wildman–Crippen MR) is 91.4 cm³/mol. The summed E-state index contributed by atoms with van der Waals surface area (Å²) in [7, 11) is 0. The maximum atomic E-state index is 13.3. The molecule has 0 saturated carbocycles. The fraction of sp³-hybridized carbons (Fsp3) is 0.400. The Balaban J connectivity index is 1.81. The van der Waals surface area contributed by atoms with E-state index in [1.54, 1.807) is 0 Å². The summed E-state index contributed by atoms with van der Waals surface area (Å²) in [6, 6.07) is 10.9. The highest BCUT2D eigenvalue weighted by Crippen LogP contribution is 2.38. The van der Waals surface area contributed by atoms with Crippen molar-refractivity contribution in [2.45, 2.75) is 43.9 Å². The van der Waals surface area contributed by atoms with Crippen LogP contribution in [0.2, 0.25) is 0 Å². The van der Waals surface area contributed by atoms with E-state index < -0.39 is 30.1 Å². The molecule has 8 heteroatoms. The molecule has 1 aliphatic heterocycles. The van der Waals surface area contributed by atoms with Gasteiger partial charge in [-0.3, -0.25) is 0 Å². The Morgan fingerprint density at radius 3 is 2.29 bits per heavy atom. The normalized spacial score (nSPS) is 20.9. The van der Waals surface area contributed by atoms with Crippen molar-refractivity contribution in [1.29, 1.82) is 0 Å². The van der Waals surface area contributed by atoms with Gasteiger partial charge in [0.05, 0.1) is 29.9 Å². The zero-order valence-electron chi connectivity index (χ0n) is 14.8. The third-order valence-corrected chi connectivity index (χ3v) is 4.76. The van der Waals surface area contributed by atoms with Crippen LogP contribution in [0.4, 0.5) is 26.3 Å². The Kier molecular flexibility index (Phi) is 6.00. The molecular weight excluding hydrogens is 384 g/mol. The highest BCUT2D eigenvalue weighted by molar-refractivity contribution is 5.35. The molecule has 28 heavy (non-hydrogen) atoms. The summed E-state index contributed by atoms with van der Waals surface area (Å²) in [4.78, 5) is 0. The molecule has 1 saturated heterocycles. The summed E-state index contributed by atoms with van der Waals surface area (Å²) >= 11 is 0.